The van der Waals surface area contributed by atoms with Crippen LogP contribution in [0.1, 0.15) is 49.9 Å². The van der Waals surface area contributed by atoms with Crippen LogP contribution >= 0.6 is 0 Å². The largest absolute Gasteiger partial charge is 0.299 e. The number of rotatable bonds is 3. The minimum Gasteiger partial charge on any atom is -0.299 e. The van der Waals surface area contributed by atoms with E-state index in [0.717, 1.165) is 6.54 Å². The van der Waals surface area contributed by atoms with Crippen molar-refractivity contribution in [3.63, 3.8) is 0 Å². The molecule has 0 unspecified atom stereocenters. The van der Waals surface area contributed by atoms with Gasteiger partial charge in [-0.3, -0.25) is 9.88 Å². The van der Waals surface area contributed by atoms with Crippen LogP contribution in [0.4, 0.5) is 0 Å². The number of aromatic nitrogens is 1. The summed E-state index contributed by atoms with van der Waals surface area (Å²) in [4.78, 5) is 7.09. The molecule has 0 bridgehead atoms. The molecule has 2 nitrogen and oxygen atoms in total. The first-order valence-electron chi connectivity index (χ1n) is 6.40. The number of fused-ring (bicyclic) bond motifs is 1. The summed E-state index contributed by atoms with van der Waals surface area (Å²) < 4.78 is 0. The van der Waals surface area contributed by atoms with Crippen molar-refractivity contribution in [2.24, 2.45) is 0 Å². The molecule has 0 aliphatic carbocycles. The van der Waals surface area contributed by atoms with Crippen LogP contribution in [0.3, 0.4) is 0 Å². The predicted molar refractivity (Wildman–Crippen MR) is 67.6 cm³/mol. The lowest BCUT2D eigenvalue weighted by Crippen LogP contribution is -2.31. The number of nitrogens with zero attached hydrogens (tertiary/aromatic N) is 2. The normalized spacial score (nSPS) is 16.5. The third-order valence-electron chi connectivity index (χ3n) is 3.33. The van der Waals surface area contributed by atoms with E-state index in [4.69, 9.17) is 0 Å². The first kappa shape index (κ1) is 11.6. The quantitative estimate of drug-likeness (QED) is 0.775. The van der Waals surface area contributed by atoms with Crippen molar-refractivity contribution in [2.45, 2.75) is 46.1 Å². The second-order valence-electron chi connectivity index (χ2n) is 5.06. The summed E-state index contributed by atoms with van der Waals surface area (Å²) in [7, 11) is 0. The van der Waals surface area contributed by atoms with E-state index in [0.29, 0.717) is 5.92 Å². The highest BCUT2D eigenvalue weighted by atomic mass is 15.1. The highest BCUT2D eigenvalue weighted by molar-refractivity contribution is 5.29. The Morgan fingerprint density at radius 2 is 2.19 bits per heavy atom. The first-order valence-corrected chi connectivity index (χ1v) is 6.40. The van der Waals surface area contributed by atoms with Crippen molar-refractivity contribution in [3.8, 4) is 0 Å². The van der Waals surface area contributed by atoms with Gasteiger partial charge in [-0.15, -0.1) is 0 Å². The molecule has 0 saturated heterocycles. The molecular weight excluding hydrogens is 196 g/mol. The summed E-state index contributed by atoms with van der Waals surface area (Å²) in [6.07, 6.45) is 4.51. The summed E-state index contributed by atoms with van der Waals surface area (Å²) in [5.74, 6) is 0.534. The minimum absolute atomic E-state index is 0.534. The lowest BCUT2D eigenvalue weighted by atomic mass is 9.98. The third kappa shape index (κ3) is 2.43. The van der Waals surface area contributed by atoms with Gasteiger partial charge in [-0.1, -0.05) is 20.8 Å². The maximum absolute atomic E-state index is 4.54. The molecule has 2 heterocycles. The van der Waals surface area contributed by atoms with Gasteiger partial charge < -0.3 is 0 Å². The average molecular weight is 218 g/mol. The Hall–Kier alpha value is -0.890. The van der Waals surface area contributed by atoms with Crippen molar-refractivity contribution >= 4 is 0 Å². The van der Waals surface area contributed by atoms with Gasteiger partial charge >= 0.3 is 0 Å². The fourth-order valence-electron chi connectivity index (χ4n) is 2.34. The van der Waals surface area contributed by atoms with Crippen molar-refractivity contribution in [2.75, 3.05) is 13.1 Å². The van der Waals surface area contributed by atoms with E-state index in [9.17, 15) is 0 Å². The van der Waals surface area contributed by atoms with Gasteiger partial charge in [-0.2, -0.15) is 0 Å². The monoisotopic (exact) mass is 218 g/mol. The van der Waals surface area contributed by atoms with Crippen LogP contribution in [-0.2, 0) is 13.0 Å². The standard InChI is InChI=1S/C14H22N2/c1-4-6-16-7-5-12-9-15-14(11(2)3)8-13(12)10-16/h8-9,11H,4-7,10H2,1-3H3. The van der Waals surface area contributed by atoms with E-state index >= 15 is 0 Å². The van der Waals surface area contributed by atoms with Crippen LogP contribution in [0, 0.1) is 0 Å². The van der Waals surface area contributed by atoms with Crippen LogP contribution in [-0.4, -0.2) is 23.0 Å². The first-order chi connectivity index (χ1) is 7.70. The second-order valence-corrected chi connectivity index (χ2v) is 5.06. The van der Waals surface area contributed by atoms with Gasteiger partial charge in [-0.25, -0.2) is 0 Å². The minimum atomic E-state index is 0.534. The third-order valence-corrected chi connectivity index (χ3v) is 3.33. The van der Waals surface area contributed by atoms with Gasteiger partial charge in [0.05, 0.1) is 0 Å². The molecule has 2 heteroatoms. The number of pyridine rings is 1. The molecule has 16 heavy (non-hydrogen) atoms. The molecule has 1 aliphatic rings. The van der Waals surface area contributed by atoms with E-state index in [1.54, 1.807) is 0 Å². The van der Waals surface area contributed by atoms with Crippen LogP contribution in [0.25, 0.3) is 0 Å². The fourth-order valence-corrected chi connectivity index (χ4v) is 2.34. The van der Waals surface area contributed by atoms with Crippen LogP contribution in [0.15, 0.2) is 12.3 Å². The average Bonchev–Trinajstić information content (AvgIpc) is 2.28. The van der Waals surface area contributed by atoms with Gasteiger partial charge in [0.25, 0.3) is 0 Å². The topological polar surface area (TPSA) is 16.1 Å². The lowest BCUT2D eigenvalue weighted by Gasteiger charge is -2.28. The van der Waals surface area contributed by atoms with E-state index in [2.05, 4.69) is 42.9 Å². The van der Waals surface area contributed by atoms with Crippen molar-refractivity contribution in [3.05, 3.63) is 29.1 Å². The molecule has 1 aliphatic heterocycles. The highest BCUT2D eigenvalue weighted by Gasteiger charge is 2.16. The van der Waals surface area contributed by atoms with Crippen LogP contribution < -0.4 is 0 Å². The van der Waals surface area contributed by atoms with E-state index in [-0.39, 0.29) is 0 Å². The van der Waals surface area contributed by atoms with E-state index in [1.807, 2.05) is 0 Å². The predicted octanol–water partition coefficient (Wildman–Crippen LogP) is 2.97. The van der Waals surface area contributed by atoms with Gasteiger partial charge in [0, 0.05) is 25.0 Å². The summed E-state index contributed by atoms with van der Waals surface area (Å²) in [5, 5.41) is 0. The molecular formula is C14H22N2. The molecule has 0 saturated carbocycles. The van der Waals surface area contributed by atoms with Gasteiger partial charge in [0.1, 0.15) is 0 Å². The molecule has 0 fully saturated rings. The maximum atomic E-state index is 4.54. The molecule has 1 aromatic rings. The lowest BCUT2D eigenvalue weighted by molar-refractivity contribution is 0.254. The molecule has 0 spiro atoms. The van der Waals surface area contributed by atoms with Gasteiger partial charge in [-0.05, 0) is 42.5 Å². The Morgan fingerprint density at radius 1 is 1.38 bits per heavy atom. The summed E-state index contributed by atoms with van der Waals surface area (Å²) in [6.45, 7) is 10.2. The Bertz CT molecular complexity index is 358. The number of hydrogen-bond donors (Lipinski definition) is 0. The van der Waals surface area contributed by atoms with Crippen LogP contribution in [0.5, 0.6) is 0 Å². The Labute approximate surface area is 98.7 Å². The zero-order valence-corrected chi connectivity index (χ0v) is 10.7. The van der Waals surface area contributed by atoms with E-state index < -0.39 is 0 Å². The maximum Gasteiger partial charge on any atom is 0.0432 e. The highest BCUT2D eigenvalue weighted by Crippen LogP contribution is 2.21. The Morgan fingerprint density at radius 3 is 2.88 bits per heavy atom. The van der Waals surface area contributed by atoms with E-state index in [1.165, 1.54) is 42.8 Å². The fraction of sp³-hybridized carbons (Fsp3) is 0.643. The summed E-state index contributed by atoms with van der Waals surface area (Å²) in [6, 6.07) is 2.31. The molecule has 0 N–H and O–H groups in total. The molecule has 0 amide bonds. The second kappa shape index (κ2) is 4.96. The zero-order valence-electron chi connectivity index (χ0n) is 10.7. The molecule has 88 valence electrons. The molecule has 0 aromatic carbocycles. The van der Waals surface area contributed by atoms with Gasteiger partial charge in [0.2, 0.25) is 0 Å². The summed E-state index contributed by atoms with van der Waals surface area (Å²) >= 11 is 0. The Kier molecular flexibility index (Phi) is 3.59. The summed E-state index contributed by atoms with van der Waals surface area (Å²) in [5.41, 5.74) is 4.19. The van der Waals surface area contributed by atoms with Crippen molar-refractivity contribution < 1.29 is 0 Å². The Balaban J connectivity index is 2.18. The van der Waals surface area contributed by atoms with Crippen LogP contribution in [0.2, 0.25) is 0 Å². The number of hydrogen-bond acceptors (Lipinski definition) is 2. The molecule has 0 atom stereocenters. The zero-order chi connectivity index (χ0) is 11.5. The van der Waals surface area contributed by atoms with Crippen molar-refractivity contribution in [1.82, 2.24) is 9.88 Å². The molecule has 0 radical (unpaired) electrons. The molecule has 1 aromatic heterocycles. The SMILES string of the molecule is CCCN1CCc2cnc(C(C)C)cc2C1. The molecule has 2 rings (SSSR count). The smallest absolute Gasteiger partial charge is 0.0432 e. The van der Waals surface area contributed by atoms with Gasteiger partial charge in [0.15, 0.2) is 0 Å². The van der Waals surface area contributed by atoms with Crippen molar-refractivity contribution in [1.29, 1.82) is 0 Å².